The van der Waals surface area contributed by atoms with E-state index >= 15 is 0 Å². The highest BCUT2D eigenvalue weighted by molar-refractivity contribution is 7.93. The van der Waals surface area contributed by atoms with Gasteiger partial charge in [-0.05, 0) is 12.1 Å². The molecule has 0 amide bonds. The Bertz CT molecular complexity index is 708. The Hall–Kier alpha value is -1.81. The quantitative estimate of drug-likeness (QED) is 0.850. The van der Waals surface area contributed by atoms with E-state index in [0.29, 0.717) is 16.9 Å². The van der Waals surface area contributed by atoms with Crippen molar-refractivity contribution >= 4 is 32.2 Å². The number of hydrogen-bond donors (Lipinski definition) is 2. The van der Waals surface area contributed by atoms with Crippen molar-refractivity contribution in [2.45, 2.75) is 5.51 Å². The van der Waals surface area contributed by atoms with Crippen molar-refractivity contribution in [3.05, 3.63) is 29.6 Å². The van der Waals surface area contributed by atoms with Crippen LogP contribution in [0.1, 0.15) is 0 Å². The van der Waals surface area contributed by atoms with Crippen LogP contribution in [0.3, 0.4) is 0 Å². The predicted molar refractivity (Wildman–Crippen MR) is 70.6 cm³/mol. The number of anilines is 2. The molecule has 5 nitrogen and oxygen atoms in total. The zero-order valence-corrected chi connectivity index (χ0v) is 11.3. The van der Waals surface area contributed by atoms with Gasteiger partial charge in [-0.15, -0.1) is 11.3 Å². The Labute approximate surface area is 116 Å². The van der Waals surface area contributed by atoms with E-state index in [-0.39, 0.29) is 5.13 Å². The van der Waals surface area contributed by atoms with E-state index in [2.05, 4.69) is 4.98 Å². The van der Waals surface area contributed by atoms with Gasteiger partial charge in [0.1, 0.15) is 0 Å². The van der Waals surface area contributed by atoms with Crippen LogP contribution < -0.4 is 10.5 Å². The molecule has 2 aromatic rings. The van der Waals surface area contributed by atoms with Crippen LogP contribution in [-0.4, -0.2) is 18.9 Å². The molecular weight excluding hydrogens is 315 g/mol. The van der Waals surface area contributed by atoms with E-state index in [9.17, 15) is 21.6 Å². The Morgan fingerprint density at radius 1 is 1.20 bits per heavy atom. The highest BCUT2D eigenvalue weighted by Crippen LogP contribution is 2.29. The highest BCUT2D eigenvalue weighted by atomic mass is 32.2. The van der Waals surface area contributed by atoms with Crippen LogP contribution in [0.25, 0.3) is 11.3 Å². The van der Waals surface area contributed by atoms with Crippen LogP contribution in [-0.2, 0) is 10.0 Å². The highest BCUT2D eigenvalue weighted by Gasteiger charge is 2.46. The minimum atomic E-state index is -5.45. The van der Waals surface area contributed by atoms with Crippen LogP contribution >= 0.6 is 11.3 Å². The summed E-state index contributed by atoms with van der Waals surface area (Å²) in [5, 5.41) is 1.09. The van der Waals surface area contributed by atoms with Crippen molar-refractivity contribution in [1.82, 2.24) is 4.98 Å². The predicted octanol–water partition coefficient (Wildman–Crippen LogP) is 2.65. The summed E-state index contributed by atoms with van der Waals surface area (Å²) in [6, 6.07) is 6.47. The van der Waals surface area contributed by atoms with Gasteiger partial charge in [0.25, 0.3) is 0 Å². The standard InChI is InChI=1S/C10H8F3N3O2S2/c11-10(12,13)20(17,18)16-9-15-8(5-19-9)6-1-3-7(14)4-2-6/h1-5H,14H2,(H,15,16). The Balaban J connectivity index is 2.24. The maximum absolute atomic E-state index is 12.2. The van der Waals surface area contributed by atoms with E-state index in [4.69, 9.17) is 5.73 Å². The van der Waals surface area contributed by atoms with Crippen LogP contribution in [0, 0.1) is 0 Å². The Kier molecular flexibility index (Phi) is 3.61. The third kappa shape index (κ3) is 3.02. The summed E-state index contributed by atoms with van der Waals surface area (Å²) in [7, 11) is -5.45. The van der Waals surface area contributed by atoms with Gasteiger partial charge in [0.15, 0.2) is 5.13 Å². The van der Waals surface area contributed by atoms with E-state index in [1.807, 2.05) is 0 Å². The molecule has 20 heavy (non-hydrogen) atoms. The van der Waals surface area contributed by atoms with Gasteiger partial charge < -0.3 is 5.73 Å². The molecule has 0 bridgehead atoms. The molecule has 0 aliphatic carbocycles. The number of sulfonamides is 1. The molecule has 0 radical (unpaired) electrons. The first-order chi connectivity index (χ1) is 9.19. The summed E-state index contributed by atoms with van der Waals surface area (Å²) in [6.07, 6.45) is 0. The van der Waals surface area contributed by atoms with E-state index < -0.39 is 15.5 Å². The lowest BCUT2D eigenvalue weighted by Crippen LogP contribution is -2.29. The molecular formula is C10H8F3N3O2S2. The topological polar surface area (TPSA) is 85.1 Å². The molecule has 1 aromatic carbocycles. The number of nitrogens with one attached hydrogen (secondary N) is 1. The third-order valence-electron chi connectivity index (χ3n) is 2.24. The molecule has 108 valence electrons. The second-order valence-corrected chi connectivity index (χ2v) is 6.24. The van der Waals surface area contributed by atoms with Crippen molar-refractivity contribution in [2.75, 3.05) is 10.5 Å². The monoisotopic (exact) mass is 323 g/mol. The summed E-state index contributed by atoms with van der Waals surface area (Å²) in [6.45, 7) is 0. The smallest absolute Gasteiger partial charge is 0.399 e. The first-order valence-corrected chi connectivity index (χ1v) is 7.46. The first-order valence-electron chi connectivity index (χ1n) is 5.09. The molecule has 1 aromatic heterocycles. The number of alkyl halides is 3. The molecule has 0 aliphatic rings. The lowest BCUT2D eigenvalue weighted by atomic mass is 10.2. The van der Waals surface area contributed by atoms with Gasteiger partial charge in [0.05, 0.1) is 5.69 Å². The molecule has 0 atom stereocenters. The summed E-state index contributed by atoms with van der Waals surface area (Å²) >= 11 is 0.759. The largest absolute Gasteiger partial charge is 0.516 e. The summed E-state index contributed by atoms with van der Waals surface area (Å²) in [5.41, 5.74) is 1.64. The molecule has 0 aliphatic heterocycles. The zero-order chi connectivity index (χ0) is 15.0. The van der Waals surface area contributed by atoms with E-state index in [1.54, 1.807) is 24.3 Å². The SMILES string of the molecule is Nc1ccc(-c2csc(NS(=O)(=O)C(F)(F)F)n2)cc1. The van der Waals surface area contributed by atoms with Crippen LogP contribution in [0.2, 0.25) is 0 Å². The Morgan fingerprint density at radius 2 is 1.80 bits per heavy atom. The Morgan fingerprint density at radius 3 is 2.35 bits per heavy atom. The summed E-state index contributed by atoms with van der Waals surface area (Å²) < 4.78 is 59.9. The van der Waals surface area contributed by atoms with E-state index in [1.165, 1.54) is 10.1 Å². The number of nitrogens with two attached hydrogens (primary N) is 1. The minimum Gasteiger partial charge on any atom is -0.399 e. The van der Waals surface area contributed by atoms with Crippen molar-refractivity contribution < 1.29 is 21.6 Å². The van der Waals surface area contributed by atoms with Gasteiger partial charge in [0, 0.05) is 16.6 Å². The zero-order valence-electron chi connectivity index (χ0n) is 9.68. The average Bonchev–Trinajstić information content (AvgIpc) is 2.76. The van der Waals surface area contributed by atoms with Crippen molar-refractivity contribution in [3.8, 4) is 11.3 Å². The van der Waals surface area contributed by atoms with Gasteiger partial charge in [-0.25, -0.2) is 4.98 Å². The normalized spacial score (nSPS) is 12.3. The number of halogens is 3. The average molecular weight is 323 g/mol. The van der Waals surface area contributed by atoms with Crippen LogP contribution in [0.5, 0.6) is 0 Å². The number of hydrogen-bond acceptors (Lipinski definition) is 5. The minimum absolute atomic E-state index is 0.353. The number of benzene rings is 1. The second-order valence-electron chi connectivity index (χ2n) is 3.71. The molecule has 0 fully saturated rings. The fourth-order valence-electron chi connectivity index (χ4n) is 1.28. The van der Waals surface area contributed by atoms with Crippen molar-refractivity contribution in [1.29, 1.82) is 0 Å². The number of rotatable bonds is 3. The van der Waals surface area contributed by atoms with Gasteiger partial charge in [-0.2, -0.15) is 21.6 Å². The lowest BCUT2D eigenvalue weighted by Gasteiger charge is -2.07. The van der Waals surface area contributed by atoms with Gasteiger partial charge in [0.2, 0.25) is 0 Å². The lowest BCUT2D eigenvalue weighted by molar-refractivity contribution is -0.0429. The van der Waals surface area contributed by atoms with Crippen molar-refractivity contribution in [2.24, 2.45) is 0 Å². The first kappa shape index (κ1) is 14.6. The van der Waals surface area contributed by atoms with Gasteiger partial charge >= 0.3 is 15.5 Å². The maximum atomic E-state index is 12.2. The summed E-state index contributed by atoms with van der Waals surface area (Å²) in [5.74, 6) is 0. The van der Waals surface area contributed by atoms with Crippen LogP contribution in [0.15, 0.2) is 29.6 Å². The van der Waals surface area contributed by atoms with Gasteiger partial charge in [-0.1, -0.05) is 12.1 Å². The fraction of sp³-hybridized carbons (Fsp3) is 0.100. The van der Waals surface area contributed by atoms with Crippen LogP contribution in [0.4, 0.5) is 24.0 Å². The molecule has 2 rings (SSSR count). The molecule has 0 saturated carbocycles. The van der Waals surface area contributed by atoms with Gasteiger partial charge in [-0.3, -0.25) is 4.72 Å². The molecule has 3 N–H and O–H groups in total. The number of thiazole rings is 1. The maximum Gasteiger partial charge on any atom is 0.516 e. The number of nitrogens with zero attached hydrogens (tertiary/aromatic N) is 1. The molecule has 1 heterocycles. The van der Waals surface area contributed by atoms with E-state index in [0.717, 1.165) is 11.3 Å². The van der Waals surface area contributed by atoms with Crippen molar-refractivity contribution in [3.63, 3.8) is 0 Å². The summed E-state index contributed by atoms with van der Waals surface area (Å²) in [4.78, 5) is 3.80. The molecule has 10 heteroatoms. The molecule has 0 saturated heterocycles. The second kappa shape index (κ2) is 4.94. The molecule has 0 unspecified atom stereocenters. The molecule has 0 spiro atoms. The fourth-order valence-corrected chi connectivity index (χ4v) is 2.76. The number of nitrogen functional groups attached to an aromatic ring is 1. The number of aromatic nitrogens is 1. The third-order valence-corrected chi connectivity index (χ3v) is 4.20.